The molecule has 0 aliphatic carbocycles. The van der Waals surface area contributed by atoms with Crippen molar-refractivity contribution in [3.05, 3.63) is 34.9 Å². The predicted molar refractivity (Wildman–Crippen MR) is 58.1 cm³/mol. The lowest BCUT2D eigenvalue weighted by Gasteiger charge is -2.18. The first kappa shape index (κ1) is 14.2. The molecule has 0 N–H and O–H groups in total. The van der Waals surface area contributed by atoms with Gasteiger partial charge >= 0.3 is 0 Å². The van der Waals surface area contributed by atoms with Gasteiger partial charge in [-0.15, -0.1) is 0 Å². The van der Waals surface area contributed by atoms with Crippen LogP contribution < -0.4 is 0 Å². The zero-order valence-electron chi connectivity index (χ0n) is 9.03. The van der Waals surface area contributed by atoms with Gasteiger partial charge in [0.15, 0.2) is 23.3 Å². The first-order valence-electron chi connectivity index (χ1n) is 4.74. The fourth-order valence-corrected chi connectivity index (χ4v) is 1.75. The van der Waals surface area contributed by atoms with Crippen molar-refractivity contribution in [3.63, 3.8) is 0 Å². The topological polar surface area (TPSA) is 17.1 Å². The fraction of sp³-hybridized carbons (Fsp3) is 0.364. The Labute approximate surface area is 104 Å². The molecule has 0 radical (unpaired) electrons. The normalized spacial score (nSPS) is 14.5. The van der Waals surface area contributed by atoms with Gasteiger partial charge in [0, 0.05) is 17.5 Å². The van der Waals surface area contributed by atoms with Gasteiger partial charge in [0.25, 0.3) is 0 Å². The summed E-state index contributed by atoms with van der Waals surface area (Å²) in [5.41, 5.74) is -0.764. The molecule has 0 bridgehead atoms. The van der Waals surface area contributed by atoms with Crippen LogP contribution in [0.5, 0.6) is 0 Å². The summed E-state index contributed by atoms with van der Waals surface area (Å²) in [6, 6.07) is 0.137. The molecular formula is C11H9BrF4O. The summed E-state index contributed by atoms with van der Waals surface area (Å²) in [6.07, 6.45) is 0. The van der Waals surface area contributed by atoms with Crippen LogP contribution in [-0.2, 0) is 4.79 Å². The molecule has 0 fully saturated rings. The van der Waals surface area contributed by atoms with E-state index in [-0.39, 0.29) is 11.8 Å². The third-order valence-electron chi connectivity index (χ3n) is 2.43. The van der Waals surface area contributed by atoms with E-state index in [1.807, 2.05) is 0 Å². The number of halogens is 5. The molecule has 0 aliphatic rings. The minimum Gasteiger partial charge on any atom is -0.299 e. The number of rotatable bonds is 3. The molecule has 2 atom stereocenters. The van der Waals surface area contributed by atoms with E-state index in [1.165, 1.54) is 13.8 Å². The molecule has 0 spiro atoms. The average Bonchev–Trinajstić information content (AvgIpc) is 2.25. The average molecular weight is 313 g/mol. The van der Waals surface area contributed by atoms with Gasteiger partial charge in [0.05, 0.1) is 4.83 Å². The Morgan fingerprint density at radius 2 is 1.59 bits per heavy atom. The first-order chi connectivity index (χ1) is 7.77. The standard InChI is InChI=1S/C11H9BrF4O/c1-4(9(12)5(2)17)8-10(15)6(13)3-7(14)11(8)16/h3-4,9H,1-2H3. The van der Waals surface area contributed by atoms with E-state index in [2.05, 4.69) is 15.9 Å². The van der Waals surface area contributed by atoms with E-state index in [0.29, 0.717) is 0 Å². The third-order valence-corrected chi connectivity index (χ3v) is 3.87. The summed E-state index contributed by atoms with van der Waals surface area (Å²) in [6.45, 7) is 2.52. The van der Waals surface area contributed by atoms with Crippen LogP contribution in [-0.4, -0.2) is 10.6 Å². The summed E-state index contributed by atoms with van der Waals surface area (Å²) in [4.78, 5) is 10.2. The molecule has 1 nitrogen and oxygen atoms in total. The van der Waals surface area contributed by atoms with Crippen LogP contribution in [0, 0.1) is 23.3 Å². The van der Waals surface area contributed by atoms with Crippen LogP contribution in [0.1, 0.15) is 25.3 Å². The Kier molecular flexibility index (Phi) is 4.30. The number of Topliss-reactive ketones (excluding diaryl/α,β-unsaturated/α-hetero) is 1. The molecule has 1 aromatic rings. The number of alkyl halides is 1. The molecule has 94 valence electrons. The minimum absolute atomic E-state index is 0.137. The lowest BCUT2D eigenvalue weighted by Crippen LogP contribution is -2.20. The molecule has 2 unspecified atom stereocenters. The Morgan fingerprint density at radius 1 is 1.18 bits per heavy atom. The highest BCUT2D eigenvalue weighted by molar-refractivity contribution is 9.10. The number of ketones is 1. The van der Waals surface area contributed by atoms with Crippen LogP contribution in [0.2, 0.25) is 0 Å². The molecule has 0 aromatic heterocycles. The summed E-state index contributed by atoms with van der Waals surface area (Å²) in [5.74, 6) is -7.30. The van der Waals surface area contributed by atoms with E-state index >= 15 is 0 Å². The zero-order chi connectivity index (χ0) is 13.3. The van der Waals surface area contributed by atoms with Crippen LogP contribution in [0.3, 0.4) is 0 Å². The second-order valence-corrected chi connectivity index (χ2v) is 4.67. The molecule has 0 saturated carbocycles. The van der Waals surface area contributed by atoms with Crippen LogP contribution in [0.25, 0.3) is 0 Å². The largest absolute Gasteiger partial charge is 0.299 e. The van der Waals surface area contributed by atoms with Crippen LogP contribution >= 0.6 is 15.9 Å². The van der Waals surface area contributed by atoms with Crippen molar-refractivity contribution in [3.8, 4) is 0 Å². The molecule has 0 heterocycles. The monoisotopic (exact) mass is 312 g/mol. The van der Waals surface area contributed by atoms with Crippen molar-refractivity contribution in [2.75, 3.05) is 0 Å². The highest BCUT2D eigenvalue weighted by atomic mass is 79.9. The second-order valence-electron chi connectivity index (χ2n) is 3.68. The molecular weight excluding hydrogens is 304 g/mol. The van der Waals surface area contributed by atoms with E-state index in [0.717, 1.165) is 0 Å². The smallest absolute Gasteiger partial charge is 0.165 e. The van der Waals surface area contributed by atoms with Gasteiger partial charge in [-0.1, -0.05) is 22.9 Å². The maximum Gasteiger partial charge on any atom is 0.165 e. The summed E-state index contributed by atoms with van der Waals surface area (Å²) < 4.78 is 52.7. The van der Waals surface area contributed by atoms with Crippen molar-refractivity contribution in [1.82, 2.24) is 0 Å². The van der Waals surface area contributed by atoms with Gasteiger partial charge in [0.1, 0.15) is 5.78 Å². The number of carbonyl (C=O) groups is 1. The number of hydrogen-bond acceptors (Lipinski definition) is 1. The summed E-state index contributed by atoms with van der Waals surface area (Å²) in [5, 5.41) is 0. The maximum atomic E-state index is 13.4. The summed E-state index contributed by atoms with van der Waals surface area (Å²) in [7, 11) is 0. The van der Waals surface area contributed by atoms with Gasteiger partial charge in [-0.25, -0.2) is 17.6 Å². The molecule has 1 rings (SSSR count). The molecule has 0 aliphatic heterocycles. The first-order valence-corrected chi connectivity index (χ1v) is 5.66. The molecule has 6 heteroatoms. The molecule has 1 aromatic carbocycles. The molecule has 17 heavy (non-hydrogen) atoms. The van der Waals surface area contributed by atoms with E-state index in [4.69, 9.17) is 0 Å². The van der Waals surface area contributed by atoms with Crippen molar-refractivity contribution in [2.45, 2.75) is 24.6 Å². The maximum absolute atomic E-state index is 13.4. The number of hydrogen-bond donors (Lipinski definition) is 0. The lowest BCUT2D eigenvalue weighted by molar-refractivity contribution is -0.116. The van der Waals surface area contributed by atoms with Crippen LogP contribution in [0.4, 0.5) is 17.6 Å². The van der Waals surface area contributed by atoms with E-state index in [1.54, 1.807) is 0 Å². The Balaban J connectivity index is 3.35. The summed E-state index contributed by atoms with van der Waals surface area (Å²) >= 11 is 2.93. The van der Waals surface area contributed by atoms with Crippen LogP contribution in [0.15, 0.2) is 6.07 Å². The Hall–Kier alpha value is -0.910. The zero-order valence-corrected chi connectivity index (χ0v) is 10.6. The van der Waals surface area contributed by atoms with Gasteiger partial charge in [-0.3, -0.25) is 4.79 Å². The SMILES string of the molecule is CC(=O)C(Br)C(C)c1c(F)c(F)cc(F)c1F. The Morgan fingerprint density at radius 3 is 1.94 bits per heavy atom. The van der Waals surface area contributed by atoms with Crippen molar-refractivity contribution < 1.29 is 22.4 Å². The minimum atomic E-state index is -1.48. The highest BCUT2D eigenvalue weighted by Crippen LogP contribution is 2.31. The van der Waals surface area contributed by atoms with E-state index in [9.17, 15) is 22.4 Å². The quantitative estimate of drug-likeness (QED) is 0.472. The van der Waals surface area contributed by atoms with Gasteiger partial charge in [-0.05, 0) is 6.92 Å². The second kappa shape index (κ2) is 5.16. The van der Waals surface area contributed by atoms with Crippen molar-refractivity contribution >= 4 is 21.7 Å². The number of carbonyl (C=O) groups excluding carboxylic acids is 1. The number of benzene rings is 1. The van der Waals surface area contributed by atoms with E-state index < -0.39 is 39.6 Å². The molecule has 0 amide bonds. The third kappa shape index (κ3) is 2.68. The van der Waals surface area contributed by atoms with Gasteiger partial charge in [0.2, 0.25) is 0 Å². The predicted octanol–water partition coefficient (Wildman–Crippen LogP) is 3.70. The van der Waals surface area contributed by atoms with Crippen molar-refractivity contribution in [1.29, 1.82) is 0 Å². The lowest BCUT2D eigenvalue weighted by atomic mass is 9.94. The van der Waals surface area contributed by atoms with Gasteiger partial charge < -0.3 is 0 Å². The highest BCUT2D eigenvalue weighted by Gasteiger charge is 2.29. The fourth-order valence-electron chi connectivity index (χ4n) is 1.49. The molecule has 0 saturated heterocycles. The Bertz CT molecular complexity index is 435. The van der Waals surface area contributed by atoms with Crippen molar-refractivity contribution in [2.24, 2.45) is 0 Å². The van der Waals surface area contributed by atoms with Gasteiger partial charge in [-0.2, -0.15) is 0 Å².